The molecule has 0 aliphatic rings. The molecule has 4 nitrogen and oxygen atoms in total. The molecule has 67 heavy (non-hydrogen) atoms. The maximum absolute atomic E-state index is 12.4. The summed E-state index contributed by atoms with van der Waals surface area (Å²) in [5, 5.41) is 23.0. The summed E-state index contributed by atoms with van der Waals surface area (Å²) in [6.07, 6.45) is 92.0. The van der Waals surface area contributed by atoms with E-state index in [1.807, 2.05) is 6.08 Å². The molecule has 2 atom stereocenters. The highest BCUT2D eigenvalue weighted by atomic mass is 16.3. The van der Waals surface area contributed by atoms with Gasteiger partial charge in [-0.25, -0.2) is 0 Å². The van der Waals surface area contributed by atoms with Gasteiger partial charge in [-0.15, -0.1) is 0 Å². The Labute approximate surface area is 413 Å². The number of allylic oxidation sites excluding steroid dienone is 27. The minimum Gasteiger partial charge on any atom is -0.394 e. The van der Waals surface area contributed by atoms with Gasteiger partial charge in [-0.05, 0) is 128 Å². The van der Waals surface area contributed by atoms with Gasteiger partial charge < -0.3 is 15.5 Å². The molecule has 0 aromatic rings. The Kier molecular flexibility index (Phi) is 52.5. The lowest BCUT2D eigenvalue weighted by Gasteiger charge is -2.19. The van der Waals surface area contributed by atoms with Crippen LogP contribution in [0.15, 0.2) is 170 Å². The zero-order chi connectivity index (χ0) is 48.5. The fourth-order valence-corrected chi connectivity index (χ4v) is 6.86. The predicted molar refractivity (Wildman–Crippen MR) is 298 cm³/mol. The SMILES string of the molecule is CC/C=C\C/C=C\C/C=C\C/C=C\C/C=C\C/C=C\C/C=C\C/C=C\C/C=C\C/C=C\C/C=C\CCCCCCCCCC(=O)NC(CO)C(O)/C=C/CC/C=C/CC/C=C/CCCCCC. The second-order valence-electron chi connectivity index (χ2n) is 17.2. The molecule has 2 unspecified atom stereocenters. The molecule has 374 valence electrons. The number of hydrogen-bond donors (Lipinski definition) is 3. The van der Waals surface area contributed by atoms with E-state index in [1.165, 1.54) is 57.8 Å². The number of aliphatic hydroxyl groups is 2. The lowest BCUT2D eigenvalue weighted by molar-refractivity contribution is -0.123. The normalized spacial score (nSPS) is 14.3. The van der Waals surface area contributed by atoms with Crippen LogP contribution in [0.5, 0.6) is 0 Å². The summed E-state index contributed by atoms with van der Waals surface area (Å²) in [5.74, 6) is -0.0984. The summed E-state index contributed by atoms with van der Waals surface area (Å²) in [6.45, 7) is 4.13. The minimum absolute atomic E-state index is 0.0984. The summed E-state index contributed by atoms with van der Waals surface area (Å²) < 4.78 is 0. The summed E-state index contributed by atoms with van der Waals surface area (Å²) in [5.41, 5.74) is 0. The van der Waals surface area contributed by atoms with E-state index in [0.717, 1.165) is 122 Å². The van der Waals surface area contributed by atoms with E-state index in [4.69, 9.17) is 0 Å². The van der Waals surface area contributed by atoms with Crippen LogP contribution in [-0.2, 0) is 4.79 Å². The molecule has 0 heterocycles. The summed E-state index contributed by atoms with van der Waals surface area (Å²) in [7, 11) is 0. The zero-order valence-electron chi connectivity index (χ0n) is 42.8. The first-order chi connectivity index (χ1) is 33.2. The number of amides is 1. The molecule has 0 rings (SSSR count). The van der Waals surface area contributed by atoms with Crippen LogP contribution in [0.3, 0.4) is 0 Å². The second kappa shape index (κ2) is 56.1. The number of hydrogen-bond acceptors (Lipinski definition) is 3. The fourth-order valence-electron chi connectivity index (χ4n) is 6.86. The third-order valence-electron chi connectivity index (χ3n) is 10.9. The third-order valence-corrected chi connectivity index (χ3v) is 10.9. The molecule has 0 aromatic carbocycles. The van der Waals surface area contributed by atoms with Crippen molar-refractivity contribution in [3.63, 3.8) is 0 Å². The zero-order valence-corrected chi connectivity index (χ0v) is 42.8. The molecule has 0 spiro atoms. The molecule has 0 bridgehead atoms. The second-order valence-corrected chi connectivity index (χ2v) is 17.2. The quantitative estimate of drug-likeness (QED) is 0.0421. The van der Waals surface area contributed by atoms with Crippen LogP contribution >= 0.6 is 0 Å². The van der Waals surface area contributed by atoms with Crippen LogP contribution in [0.2, 0.25) is 0 Å². The molecule has 0 aliphatic heterocycles. The molecular formula is C63H99NO3. The number of nitrogens with one attached hydrogen (secondary N) is 1. The summed E-state index contributed by atoms with van der Waals surface area (Å²) in [4.78, 5) is 12.4. The molecule has 3 N–H and O–H groups in total. The Morgan fingerprint density at radius 2 is 0.672 bits per heavy atom. The van der Waals surface area contributed by atoms with Crippen molar-refractivity contribution in [2.24, 2.45) is 0 Å². The van der Waals surface area contributed by atoms with Gasteiger partial charge in [0.2, 0.25) is 5.91 Å². The topological polar surface area (TPSA) is 69.6 Å². The van der Waals surface area contributed by atoms with E-state index < -0.39 is 12.1 Å². The van der Waals surface area contributed by atoms with Gasteiger partial charge in [-0.2, -0.15) is 0 Å². The maximum Gasteiger partial charge on any atom is 0.220 e. The van der Waals surface area contributed by atoms with Crippen LogP contribution in [0.4, 0.5) is 0 Å². The predicted octanol–water partition coefficient (Wildman–Crippen LogP) is 18.0. The molecule has 4 heteroatoms. The maximum atomic E-state index is 12.4. The minimum atomic E-state index is -0.886. The first kappa shape index (κ1) is 62.8. The van der Waals surface area contributed by atoms with E-state index in [9.17, 15) is 15.0 Å². The van der Waals surface area contributed by atoms with Gasteiger partial charge in [0.15, 0.2) is 0 Å². The highest BCUT2D eigenvalue weighted by Crippen LogP contribution is 2.11. The highest BCUT2D eigenvalue weighted by Gasteiger charge is 2.17. The third kappa shape index (κ3) is 52.6. The van der Waals surface area contributed by atoms with Crippen molar-refractivity contribution >= 4 is 5.91 Å². The van der Waals surface area contributed by atoms with Crippen molar-refractivity contribution in [2.45, 2.75) is 212 Å². The van der Waals surface area contributed by atoms with Crippen molar-refractivity contribution in [1.29, 1.82) is 0 Å². The Balaban J connectivity index is 3.71. The van der Waals surface area contributed by atoms with E-state index in [2.05, 4.69) is 177 Å². The Hall–Kier alpha value is -4.25. The van der Waals surface area contributed by atoms with Crippen molar-refractivity contribution in [2.75, 3.05) is 6.61 Å². The van der Waals surface area contributed by atoms with Crippen LogP contribution in [0, 0.1) is 0 Å². The van der Waals surface area contributed by atoms with Crippen LogP contribution in [0.1, 0.15) is 200 Å². The van der Waals surface area contributed by atoms with E-state index in [0.29, 0.717) is 6.42 Å². The van der Waals surface area contributed by atoms with Crippen LogP contribution < -0.4 is 5.32 Å². The van der Waals surface area contributed by atoms with Gasteiger partial charge >= 0.3 is 0 Å². The number of unbranched alkanes of at least 4 members (excludes halogenated alkanes) is 13. The van der Waals surface area contributed by atoms with E-state index in [1.54, 1.807) is 6.08 Å². The monoisotopic (exact) mass is 918 g/mol. The van der Waals surface area contributed by atoms with Crippen molar-refractivity contribution in [3.05, 3.63) is 170 Å². The Bertz CT molecular complexity index is 1510. The Morgan fingerprint density at radius 3 is 1.04 bits per heavy atom. The molecule has 0 fully saturated rings. The number of aliphatic hydroxyl groups excluding tert-OH is 2. The Morgan fingerprint density at radius 1 is 0.373 bits per heavy atom. The van der Waals surface area contributed by atoms with Gasteiger partial charge in [0.05, 0.1) is 18.8 Å². The first-order valence-electron chi connectivity index (χ1n) is 26.8. The van der Waals surface area contributed by atoms with E-state index in [-0.39, 0.29) is 12.5 Å². The van der Waals surface area contributed by atoms with Crippen LogP contribution in [0.25, 0.3) is 0 Å². The number of carbonyl (C=O) groups is 1. The largest absolute Gasteiger partial charge is 0.394 e. The lowest BCUT2D eigenvalue weighted by Crippen LogP contribution is -2.45. The fraction of sp³-hybridized carbons (Fsp3) is 0.540. The molecule has 0 radical (unpaired) electrons. The molecule has 0 saturated heterocycles. The van der Waals surface area contributed by atoms with Crippen LogP contribution in [-0.4, -0.2) is 34.9 Å². The molecule has 1 amide bonds. The van der Waals surface area contributed by atoms with Crippen molar-refractivity contribution in [1.82, 2.24) is 5.32 Å². The highest BCUT2D eigenvalue weighted by molar-refractivity contribution is 5.76. The summed E-state index contributed by atoms with van der Waals surface area (Å²) in [6, 6.07) is -0.663. The molecule has 0 aromatic heterocycles. The van der Waals surface area contributed by atoms with Gasteiger partial charge in [-0.1, -0.05) is 235 Å². The van der Waals surface area contributed by atoms with Gasteiger partial charge in [0, 0.05) is 6.42 Å². The first-order valence-corrected chi connectivity index (χ1v) is 26.8. The van der Waals surface area contributed by atoms with E-state index >= 15 is 0 Å². The summed E-state index contributed by atoms with van der Waals surface area (Å²) >= 11 is 0. The number of carbonyl (C=O) groups excluding carboxylic acids is 1. The average Bonchev–Trinajstić information content (AvgIpc) is 3.33. The molecule has 0 saturated carbocycles. The number of rotatable bonds is 46. The smallest absolute Gasteiger partial charge is 0.220 e. The van der Waals surface area contributed by atoms with Crippen molar-refractivity contribution < 1.29 is 15.0 Å². The van der Waals surface area contributed by atoms with Gasteiger partial charge in [-0.3, -0.25) is 4.79 Å². The molecular weight excluding hydrogens is 819 g/mol. The average molecular weight is 918 g/mol. The van der Waals surface area contributed by atoms with Gasteiger partial charge in [0.25, 0.3) is 0 Å². The van der Waals surface area contributed by atoms with Crippen molar-refractivity contribution in [3.8, 4) is 0 Å². The lowest BCUT2D eigenvalue weighted by atomic mass is 10.1. The van der Waals surface area contributed by atoms with Gasteiger partial charge in [0.1, 0.15) is 0 Å². The standard InChI is InChI=1S/C63H99NO3/c1-3-5-7-9-11-13-15-17-19-20-21-22-23-24-25-26-27-28-29-30-31-32-33-34-35-36-37-38-39-40-41-42-43-44-45-47-49-51-53-55-57-59-63(67)64-61(60-65)62(66)58-56-54-52-50-48-46-18-16-14-12-10-8-6-4-2/h5,7,11,13-14,16-17,19,21-22,24-25,27-28,30-31,33-34,36-37,39-40,42-43,48,50,56,58,61-62,65-66H,3-4,6,8-10,12,15,18,20,23,26,29,32,35,38,41,44-47,49,51-55,57,59-60H2,1-2H3,(H,64,67)/b7-5-,13-11-,16-14+,19-17-,22-21-,25-24-,28-27-,31-30-,34-33-,37-36-,40-39-,43-42-,50-48+,58-56+. The molecule has 0 aliphatic carbocycles.